The maximum absolute atomic E-state index is 5.39. The molecule has 19 heavy (non-hydrogen) atoms. The molecule has 1 aliphatic heterocycles. The van der Waals surface area contributed by atoms with E-state index < -0.39 is 0 Å². The van der Waals surface area contributed by atoms with Crippen molar-refractivity contribution in [2.24, 2.45) is 0 Å². The smallest absolute Gasteiger partial charge is 0.231 e. The second-order valence-corrected chi connectivity index (χ2v) is 4.27. The summed E-state index contributed by atoms with van der Waals surface area (Å²) in [6.45, 7) is 1.73. The third-order valence-corrected chi connectivity index (χ3v) is 2.96. The van der Waals surface area contributed by atoms with E-state index in [-0.39, 0.29) is 6.79 Å². The Labute approximate surface area is 111 Å². The lowest BCUT2D eigenvalue weighted by molar-refractivity contribution is 0.171. The molecule has 0 aliphatic carbocycles. The van der Waals surface area contributed by atoms with Gasteiger partial charge in [0.15, 0.2) is 11.5 Å². The molecule has 5 heteroatoms. The van der Waals surface area contributed by atoms with Gasteiger partial charge in [0.05, 0.1) is 19.6 Å². The number of hydrogen-bond donors (Lipinski definition) is 1. The van der Waals surface area contributed by atoms with E-state index >= 15 is 0 Å². The second kappa shape index (κ2) is 5.24. The third-order valence-electron chi connectivity index (χ3n) is 2.96. The van der Waals surface area contributed by atoms with E-state index in [2.05, 4.69) is 5.32 Å². The van der Waals surface area contributed by atoms with Crippen LogP contribution in [-0.2, 0) is 13.1 Å². The van der Waals surface area contributed by atoms with E-state index in [0.29, 0.717) is 11.5 Å². The number of rotatable bonds is 5. The minimum atomic E-state index is 0.248. The van der Waals surface area contributed by atoms with Crippen LogP contribution in [0.25, 0.3) is 0 Å². The van der Waals surface area contributed by atoms with E-state index in [0.717, 1.165) is 30.0 Å². The van der Waals surface area contributed by atoms with Crippen molar-refractivity contribution in [1.82, 2.24) is 5.32 Å². The average Bonchev–Trinajstić information content (AvgIpc) is 3.08. The van der Waals surface area contributed by atoms with Crippen LogP contribution in [0.4, 0.5) is 0 Å². The first-order valence-electron chi connectivity index (χ1n) is 6.05. The number of benzene rings is 1. The van der Waals surface area contributed by atoms with Crippen LogP contribution in [0.2, 0.25) is 0 Å². The van der Waals surface area contributed by atoms with Crippen LogP contribution in [-0.4, -0.2) is 13.9 Å². The van der Waals surface area contributed by atoms with E-state index in [1.807, 2.05) is 18.2 Å². The summed E-state index contributed by atoms with van der Waals surface area (Å²) in [6.07, 6.45) is 3.40. The van der Waals surface area contributed by atoms with E-state index in [9.17, 15) is 0 Å². The molecule has 5 nitrogen and oxygen atoms in total. The van der Waals surface area contributed by atoms with Gasteiger partial charge in [-0.05, 0) is 23.8 Å². The van der Waals surface area contributed by atoms with Crippen molar-refractivity contribution in [3.05, 3.63) is 41.9 Å². The highest BCUT2D eigenvalue weighted by Crippen LogP contribution is 2.41. The fraction of sp³-hybridized carbons (Fsp3) is 0.286. The fourth-order valence-corrected chi connectivity index (χ4v) is 2.03. The minimum absolute atomic E-state index is 0.248. The molecule has 0 saturated carbocycles. The average molecular weight is 261 g/mol. The SMILES string of the molecule is COc1cc(CNCc2ccoc2)cc2c1OCO2. The van der Waals surface area contributed by atoms with Crippen molar-refractivity contribution in [2.75, 3.05) is 13.9 Å². The Morgan fingerprint density at radius 3 is 2.89 bits per heavy atom. The molecule has 1 aromatic heterocycles. The first kappa shape index (κ1) is 11.9. The Balaban J connectivity index is 1.68. The van der Waals surface area contributed by atoms with Gasteiger partial charge in [-0.1, -0.05) is 0 Å². The summed E-state index contributed by atoms with van der Waals surface area (Å²) in [5.41, 5.74) is 2.21. The molecule has 1 aliphatic rings. The second-order valence-electron chi connectivity index (χ2n) is 4.27. The van der Waals surface area contributed by atoms with Crippen LogP contribution in [0.3, 0.4) is 0 Å². The van der Waals surface area contributed by atoms with Crippen LogP contribution in [0.1, 0.15) is 11.1 Å². The van der Waals surface area contributed by atoms with Crippen LogP contribution >= 0.6 is 0 Å². The third kappa shape index (κ3) is 2.51. The molecular weight excluding hydrogens is 246 g/mol. The summed E-state index contributed by atoms with van der Waals surface area (Å²) < 4.78 is 21.1. The zero-order valence-corrected chi connectivity index (χ0v) is 10.6. The van der Waals surface area contributed by atoms with Gasteiger partial charge in [-0.15, -0.1) is 0 Å². The van der Waals surface area contributed by atoms with E-state index in [1.165, 1.54) is 0 Å². The molecule has 2 heterocycles. The van der Waals surface area contributed by atoms with Crippen molar-refractivity contribution in [1.29, 1.82) is 0 Å². The molecule has 0 saturated heterocycles. The molecule has 0 fully saturated rings. The highest BCUT2D eigenvalue weighted by molar-refractivity contribution is 5.55. The number of ether oxygens (including phenoxy) is 3. The Morgan fingerprint density at radius 1 is 1.21 bits per heavy atom. The largest absolute Gasteiger partial charge is 0.493 e. The minimum Gasteiger partial charge on any atom is -0.493 e. The van der Waals surface area contributed by atoms with Gasteiger partial charge >= 0.3 is 0 Å². The molecule has 0 radical (unpaired) electrons. The molecule has 0 atom stereocenters. The van der Waals surface area contributed by atoms with Gasteiger partial charge in [0.1, 0.15) is 0 Å². The van der Waals surface area contributed by atoms with Crippen LogP contribution in [0.15, 0.2) is 35.1 Å². The molecule has 0 bridgehead atoms. The number of fused-ring (bicyclic) bond motifs is 1. The molecule has 1 aromatic carbocycles. The van der Waals surface area contributed by atoms with Crippen molar-refractivity contribution in [3.8, 4) is 17.2 Å². The Bertz CT molecular complexity index is 551. The van der Waals surface area contributed by atoms with Gasteiger partial charge in [0.25, 0.3) is 0 Å². The predicted molar refractivity (Wildman–Crippen MR) is 68.4 cm³/mol. The van der Waals surface area contributed by atoms with Gasteiger partial charge in [0, 0.05) is 18.7 Å². The van der Waals surface area contributed by atoms with Gasteiger partial charge in [-0.2, -0.15) is 0 Å². The summed E-state index contributed by atoms with van der Waals surface area (Å²) in [6, 6.07) is 5.86. The van der Waals surface area contributed by atoms with Crippen LogP contribution in [0.5, 0.6) is 17.2 Å². The summed E-state index contributed by atoms with van der Waals surface area (Å²) in [7, 11) is 1.62. The van der Waals surface area contributed by atoms with Crippen molar-refractivity contribution >= 4 is 0 Å². The maximum atomic E-state index is 5.39. The zero-order valence-electron chi connectivity index (χ0n) is 10.6. The summed E-state index contributed by atoms with van der Waals surface area (Å²) in [5.74, 6) is 2.12. The Kier molecular flexibility index (Phi) is 3.29. The molecule has 1 N–H and O–H groups in total. The van der Waals surface area contributed by atoms with Crippen LogP contribution in [0, 0.1) is 0 Å². The Morgan fingerprint density at radius 2 is 2.11 bits per heavy atom. The number of hydrogen-bond acceptors (Lipinski definition) is 5. The monoisotopic (exact) mass is 261 g/mol. The summed E-state index contributed by atoms with van der Waals surface area (Å²) >= 11 is 0. The standard InChI is InChI=1S/C14H15NO4/c1-16-12-4-11(5-13-14(12)19-9-18-13)7-15-6-10-2-3-17-8-10/h2-5,8,15H,6-7,9H2,1H3. The lowest BCUT2D eigenvalue weighted by Gasteiger charge is -2.08. The Hall–Kier alpha value is -2.14. The van der Waals surface area contributed by atoms with Crippen molar-refractivity contribution in [3.63, 3.8) is 0 Å². The van der Waals surface area contributed by atoms with Crippen molar-refractivity contribution in [2.45, 2.75) is 13.1 Å². The highest BCUT2D eigenvalue weighted by Gasteiger charge is 2.19. The number of methoxy groups -OCH3 is 1. The highest BCUT2D eigenvalue weighted by atomic mass is 16.7. The lowest BCUT2D eigenvalue weighted by atomic mass is 10.2. The number of furan rings is 1. The van der Waals surface area contributed by atoms with Gasteiger partial charge < -0.3 is 23.9 Å². The zero-order chi connectivity index (χ0) is 13.1. The topological polar surface area (TPSA) is 52.9 Å². The first-order valence-corrected chi connectivity index (χ1v) is 6.05. The summed E-state index contributed by atoms with van der Waals surface area (Å²) in [5, 5.41) is 3.33. The molecular formula is C14H15NO4. The molecule has 0 unspecified atom stereocenters. The van der Waals surface area contributed by atoms with Crippen molar-refractivity contribution < 1.29 is 18.6 Å². The van der Waals surface area contributed by atoms with E-state index in [1.54, 1.807) is 19.6 Å². The predicted octanol–water partition coefficient (Wildman–Crippen LogP) is 2.31. The van der Waals surface area contributed by atoms with Crippen LogP contribution < -0.4 is 19.5 Å². The molecule has 0 spiro atoms. The molecule has 3 rings (SSSR count). The van der Waals surface area contributed by atoms with Gasteiger partial charge in [0.2, 0.25) is 12.5 Å². The molecule has 100 valence electrons. The fourth-order valence-electron chi connectivity index (χ4n) is 2.03. The lowest BCUT2D eigenvalue weighted by Crippen LogP contribution is -2.12. The van der Waals surface area contributed by atoms with E-state index in [4.69, 9.17) is 18.6 Å². The summed E-state index contributed by atoms with van der Waals surface area (Å²) in [4.78, 5) is 0. The molecule has 0 amide bonds. The molecule has 2 aromatic rings. The maximum Gasteiger partial charge on any atom is 0.231 e. The quantitative estimate of drug-likeness (QED) is 0.895. The van der Waals surface area contributed by atoms with Gasteiger partial charge in [-0.3, -0.25) is 0 Å². The normalized spacial score (nSPS) is 12.7. The van der Waals surface area contributed by atoms with Gasteiger partial charge in [-0.25, -0.2) is 0 Å². The first-order chi connectivity index (χ1) is 9.36. The number of nitrogens with one attached hydrogen (secondary N) is 1.